The van der Waals surface area contributed by atoms with Gasteiger partial charge in [-0.3, -0.25) is 0 Å². The molecular weight excluding hydrogens is 234 g/mol. The SMILES string of the molecule is C[C@@](NCc1ccccc1)(c1ccccc1)C1CO1. The smallest absolute Gasteiger partial charge is 0.103 e. The van der Waals surface area contributed by atoms with E-state index in [1.54, 1.807) is 0 Å². The van der Waals surface area contributed by atoms with Crippen LogP contribution in [0, 0.1) is 0 Å². The minimum atomic E-state index is -0.114. The van der Waals surface area contributed by atoms with E-state index in [-0.39, 0.29) is 11.6 Å². The van der Waals surface area contributed by atoms with Crippen LogP contribution >= 0.6 is 0 Å². The van der Waals surface area contributed by atoms with Crippen molar-refractivity contribution in [3.05, 3.63) is 71.8 Å². The molecule has 1 fully saturated rings. The number of hydrogen-bond acceptors (Lipinski definition) is 2. The molecule has 2 nitrogen and oxygen atoms in total. The number of nitrogens with one attached hydrogen (secondary N) is 1. The second kappa shape index (κ2) is 5.16. The van der Waals surface area contributed by atoms with E-state index in [1.165, 1.54) is 11.1 Å². The summed E-state index contributed by atoms with van der Waals surface area (Å²) >= 11 is 0. The minimum absolute atomic E-state index is 0.114. The quantitative estimate of drug-likeness (QED) is 0.828. The van der Waals surface area contributed by atoms with Gasteiger partial charge in [0.1, 0.15) is 6.10 Å². The molecular formula is C17H19NO. The van der Waals surface area contributed by atoms with Gasteiger partial charge in [-0.2, -0.15) is 0 Å². The average Bonchev–Trinajstić information content (AvgIpc) is 3.32. The molecule has 19 heavy (non-hydrogen) atoms. The van der Waals surface area contributed by atoms with Gasteiger partial charge >= 0.3 is 0 Å². The zero-order valence-electron chi connectivity index (χ0n) is 11.2. The van der Waals surface area contributed by atoms with E-state index >= 15 is 0 Å². The monoisotopic (exact) mass is 253 g/mol. The van der Waals surface area contributed by atoms with Crippen LogP contribution in [0.1, 0.15) is 18.1 Å². The predicted molar refractivity (Wildman–Crippen MR) is 76.8 cm³/mol. The van der Waals surface area contributed by atoms with Crippen LogP contribution in [0.25, 0.3) is 0 Å². The molecule has 1 heterocycles. The molecule has 0 bridgehead atoms. The van der Waals surface area contributed by atoms with Crippen molar-refractivity contribution in [2.24, 2.45) is 0 Å². The Hall–Kier alpha value is -1.64. The van der Waals surface area contributed by atoms with Gasteiger partial charge in [0, 0.05) is 6.54 Å². The standard InChI is InChI=1S/C17H19NO/c1-17(16-13-19-16,15-10-6-3-7-11-15)18-12-14-8-4-2-5-9-14/h2-11,16,18H,12-13H2,1H3/t16?,17-/m1/s1. The third-order valence-electron chi connectivity index (χ3n) is 3.85. The second-order valence-electron chi connectivity index (χ2n) is 5.23. The Bertz CT molecular complexity index is 521. The normalized spacial score (nSPS) is 20.8. The van der Waals surface area contributed by atoms with Crippen LogP contribution < -0.4 is 5.32 Å². The summed E-state index contributed by atoms with van der Waals surface area (Å²) in [6.45, 7) is 3.92. The molecule has 1 N–H and O–H groups in total. The second-order valence-corrected chi connectivity index (χ2v) is 5.23. The minimum Gasteiger partial charge on any atom is -0.371 e. The largest absolute Gasteiger partial charge is 0.371 e. The summed E-state index contributed by atoms with van der Waals surface area (Å²) < 4.78 is 5.55. The summed E-state index contributed by atoms with van der Waals surface area (Å²) in [7, 11) is 0. The third kappa shape index (κ3) is 2.70. The van der Waals surface area contributed by atoms with E-state index < -0.39 is 0 Å². The lowest BCUT2D eigenvalue weighted by molar-refractivity contribution is 0.253. The lowest BCUT2D eigenvalue weighted by atomic mass is 9.88. The van der Waals surface area contributed by atoms with Gasteiger partial charge in [0.15, 0.2) is 0 Å². The molecule has 0 spiro atoms. The molecule has 2 heteroatoms. The number of rotatable bonds is 5. The summed E-state index contributed by atoms with van der Waals surface area (Å²) in [5, 5.41) is 3.67. The Morgan fingerprint density at radius 3 is 2.21 bits per heavy atom. The predicted octanol–water partition coefficient (Wildman–Crippen LogP) is 3.09. The van der Waals surface area contributed by atoms with E-state index in [4.69, 9.17) is 4.74 Å². The van der Waals surface area contributed by atoms with Gasteiger partial charge in [-0.15, -0.1) is 0 Å². The molecule has 0 saturated carbocycles. The van der Waals surface area contributed by atoms with Crippen molar-refractivity contribution in [2.75, 3.05) is 6.61 Å². The summed E-state index contributed by atoms with van der Waals surface area (Å²) in [5.41, 5.74) is 2.47. The molecule has 0 radical (unpaired) electrons. The maximum absolute atomic E-state index is 5.55. The van der Waals surface area contributed by atoms with Gasteiger partial charge in [-0.25, -0.2) is 0 Å². The van der Waals surface area contributed by atoms with Gasteiger partial charge < -0.3 is 10.1 Å². The number of hydrogen-bond donors (Lipinski definition) is 1. The van der Waals surface area contributed by atoms with Gasteiger partial charge in [-0.05, 0) is 18.1 Å². The van der Waals surface area contributed by atoms with Crippen molar-refractivity contribution in [3.63, 3.8) is 0 Å². The van der Waals surface area contributed by atoms with E-state index in [1.807, 2.05) is 6.07 Å². The van der Waals surface area contributed by atoms with Crippen LogP contribution in [0.2, 0.25) is 0 Å². The van der Waals surface area contributed by atoms with Gasteiger partial charge in [0.25, 0.3) is 0 Å². The third-order valence-corrected chi connectivity index (χ3v) is 3.85. The van der Waals surface area contributed by atoms with Crippen LogP contribution in [-0.4, -0.2) is 12.7 Å². The molecule has 98 valence electrons. The van der Waals surface area contributed by atoms with Gasteiger partial charge in [0.05, 0.1) is 12.1 Å². The lowest BCUT2D eigenvalue weighted by Gasteiger charge is -2.30. The highest BCUT2D eigenvalue weighted by molar-refractivity contribution is 5.27. The fourth-order valence-corrected chi connectivity index (χ4v) is 2.45. The zero-order valence-corrected chi connectivity index (χ0v) is 11.2. The van der Waals surface area contributed by atoms with Crippen LogP contribution in [0.5, 0.6) is 0 Å². The topological polar surface area (TPSA) is 24.6 Å². The molecule has 3 rings (SSSR count). The molecule has 0 amide bonds. The van der Waals surface area contributed by atoms with E-state index in [0.717, 1.165) is 13.2 Å². The molecule has 2 aromatic carbocycles. The summed E-state index contributed by atoms with van der Waals surface area (Å²) in [4.78, 5) is 0. The molecule has 1 aliphatic heterocycles. The van der Waals surface area contributed by atoms with E-state index in [2.05, 4.69) is 66.8 Å². The van der Waals surface area contributed by atoms with Crippen molar-refractivity contribution >= 4 is 0 Å². The molecule has 1 aliphatic rings. The molecule has 1 saturated heterocycles. The van der Waals surface area contributed by atoms with Crippen LogP contribution in [-0.2, 0) is 16.8 Å². The van der Waals surface area contributed by atoms with E-state index in [0.29, 0.717) is 0 Å². The maximum Gasteiger partial charge on any atom is 0.103 e. The highest BCUT2D eigenvalue weighted by Crippen LogP contribution is 2.34. The van der Waals surface area contributed by atoms with Crippen molar-refractivity contribution in [1.29, 1.82) is 0 Å². The van der Waals surface area contributed by atoms with Crippen molar-refractivity contribution < 1.29 is 4.74 Å². The van der Waals surface area contributed by atoms with E-state index in [9.17, 15) is 0 Å². The summed E-state index contributed by atoms with van der Waals surface area (Å²) in [6, 6.07) is 21.0. The molecule has 2 aromatic rings. The first-order valence-electron chi connectivity index (χ1n) is 6.75. The Morgan fingerprint density at radius 1 is 1.05 bits per heavy atom. The van der Waals surface area contributed by atoms with Crippen molar-refractivity contribution in [2.45, 2.75) is 25.1 Å². The zero-order chi connectivity index (χ0) is 13.1. The fraction of sp³-hybridized carbons (Fsp3) is 0.294. The molecule has 1 unspecified atom stereocenters. The highest BCUT2D eigenvalue weighted by Gasteiger charge is 2.44. The van der Waals surface area contributed by atoms with Crippen molar-refractivity contribution in [3.8, 4) is 0 Å². The fourth-order valence-electron chi connectivity index (χ4n) is 2.45. The number of epoxide rings is 1. The first kappa shape index (κ1) is 12.4. The highest BCUT2D eigenvalue weighted by atomic mass is 16.6. The molecule has 2 atom stereocenters. The Labute approximate surface area is 114 Å². The first-order valence-corrected chi connectivity index (χ1v) is 6.75. The Balaban J connectivity index is 1.78. The summed E-state index contributed by atoms with van der Waals surface area (Å²) in [5.74, 6) is 0. The Morgan fingerprint density at radius 2 is 1.63 bits per heavy atom. The molecule has 0 aliphatic carbocycles. The first-order chi connectivity index (χ1) is 9.29. The number of ether oxygens (including phenoxy) is 1. The lowest BCUT2D eigenvalue weighted by Crippen LogP contribution is -2.44. The van der Waals surface area contributed by atoms with Crippen LogP contribution in [0.3, 0.4) is 0 Å². The molecule has 0 aromatic heterocycles. The maximum atomic E-state index is 5.55. The number of benzene rings is 2. The average molecular weight is 253 g/mol. The van der Waals surface area contributed by atoms with Gasteiger partial charge in [0.2, 0.25) is 0 Å². The van der Waals surface area contributed by atoms with Crippen molar-refractivity contribution in [1.82, 2.24) is 5.32 Å². The van der Waals surface area contributed by atoms with Crippen LogP contribution in [0.4, 0.5) is 0 Å². The van der Waals surface area contributed by atoms with Gasteiger partial charge in [-0.1, -0.05) is 60.7 Å². The van der Waals surface area contributed by atoms with Crippen LogP contribution in [0.15, 0.2) is 60.7 Å². The summed E-state index contributed by atoms with van der Waals surface area (Å²) in [6.07, 6.45) is 0.276. The Kier molecular flexibility index (Phi) is 3.36.